The molecule has 0 radical (unpaired) electrons. The normalized spacial score (nSPS) is 23.6. The van der Waals surface area contributed by atoms with E-state index in [0.717, 1.165) is 11.3 Å². The average Bonchev–Trinajstić information content (AvgIpc) is 2.94. The van der Waals surface area contributed by atoms with Crippen molar-refractivity contribution < 1.29 is 13.2 Å². The molecule has 0 saturated carbocycles. The molecule has 1 aliphatic rings. The van der Waals surface area contributed by atoms with Crippen molar-refractivity contribution in [3.63, 3.8) is 0 Å². The number of sulfone groups is 1. The highest BCUT2D eigenvalue weighted by atomic mass is 32.2. The fourth-order valence-electron chi connectivity index (χ4n) is 2.61. The first-order valence-electron chi connectivity index (χ1n) is 6.35. The van der Waals surface area contributed by atoms with Crippen LogP contribution < -0.4 is 5.73 Å². The minimum absolute atomic E-state index is 0.267. The molecular formula is C13H17N3O3S. The molecule has 20 heavy (non-hydrogen) atoms. The second kappa shape index (κ2) is 4.28. The Morgan fingerprint density at radius 1 is 1.45 bits per heavy atom. The Kier molecular flexibility index (Phi) is 2.89. The number of aryl methyl sites for hydroxylation is 1. The zero-order valence-corrected chi connectivity index (χ0v) is 12.3. The van der Waals surface area contributed by atoms with E-state index in [4.69, 9.17) is 10.5 Å². The summed E-state index contributed by atoms with van der Waals surface area (Å²) in [5.74, 6) is 0.732. The van der Waals surface area contributed by atoms with Crippen molar-refractivity contribution in [3.8, 4) is 0 Å². The summed E-state index contributed by atoms with van der Waals surface area (Å²) in [7, 11) is -1.35. The lowest BCUT2D eigenvalue weighted by Gasteiger charge is -2.20. The summed E-state index contributed by atoms with van der Waals surface area (Å²) in [5, 5.41) is 0. The van der Waals surface area contributed by atoms with Gasteiger partial charge in [-0.2, -0.15) is 0 Å². The summed E-state index contributed by atoms with van der Waals surface area (Å²) >= 11 is 0. The first-order valence-corrected chi connectivity index (χ1v) is 8.24. The van der Waals surface area contributed by atoms with Crippen molar-refractivity contribution in [2.75, 3.05) is 19.5 Å². The first-order chi connectivity index (χ1) is 9.31. The van der Waals surface area contributed by atoms with Crippen LogP contribution >= 0.6 is 0 Å². The molecule has 1 unspecified atom stereocenters. The van der Waals surface area contributed by atoms with Gasteiger partial charge in [0, 0.05) is 19.9 Å². The van der Waals surface area contributed by atoms with Crippen molar-refractivity contribution in [2.45, 2.75) is 16.9 Å². The molecule has 2 heterocycles. The molecular weight excluding hydrogens is 278 g/mol. The molecule has 1 aromatic carbocycles. The summed E-state index contributed by atoms with van der Waals surface area (Å²) < 4.78 is 30.5. The molecule has 2 N–H and O–H groups in total. The number of ether oxygens (including phenoxy) is 1. The highest BCUT2D eigenvalue weighted by molar-refractivity contribution is 7.90. The first kappa shape index (κ1) is 13.5. The second-order valence-electron chi connectivity index (χ2n) is 5.38. The van der Waals surface area contributed by atoms with E-state index < -0.39 is 15.4 Å². The molecule has 0 bridgehead atoms. The van der Waals surface area contributed by atoms with Gasteiger partial charge in [0.15, 0.2) is 9.84 Å². The minimum Gasteiger partial charge on any atom is -0.379 e. The Morgan fingerprint density at radius 2 is 2.20 bits per heavy atom. The van der Waals surface area contributed by atoms with Gasteiger partial charge >= 0.3 is 0 Å². The van der Waals surface area contributed by atoms with E-state index in [2.05, 4.69) is 4.98 Å². The summed E-state index contributed by atoms with van der Waals surface area (Å²) in [6.07, 6.45) is 1.90. The summed E-state index contributed by atoms with van der Waals surface area (Å²) in [6.45, 7) is 1.05. The van der Waals surface area contributed by atoms with Gasteiger partial charge in [-0.3, -0.25) is 0 Å². The Bertz CT molecular complexity index is 774. The Balaban J connectivity index is 2.19. The smallest absolute Gasteiger partial charge is 0.175 e. The van der Waals surface area contributed by atoms with E-state index in [1.54, 1.807) is 18.2 Å². The molecule has 1 saturated heterocycles. The van der Waals surface area contributed by atoms with Crippen molar-refractivity contribution >= 4 is 20.9 Å². The number of rotatable bonds is 2. The van der Waals surface area contributed by atoms with Crippen LogP contribution in [-0.2, 0) is 27.2 Å². The molecule has 0 spiro atoms. The van der Waals surface area contributed by atoms with E-state index in [9.17, 15) is 8.42 Å². The molecule has 2 aromatic rings. The molecule has 1 aliphatic heterocycles. The second-order valence-corrected chi connectivity index (χ2v) is 7.39. The molecule has 1 fully saturated rings. The van der Waals surface area contributed by atoms with Crippen LogP contribution in [-0.4, -0.2) is 37.4 Å². The summed E-state index contributed by atoms with van der Waals surface area (Å²) in [4.78, 5) is 4.80. The lowest BCUT2D eigenvalue weighted by atomic mass is 9.99. The van der Waals surface area contributed by atoms with Crippen LogP contribution in [0.4, 0.5) is 0 Å². The Morgan fingerprint density at radius 3 is 2.80 bits per heavy atom. The fourth-order valence-corrected chi connectivity index (χ4v) is 3.25. The molecule has 7 heteroatoms. The van der Waals surface area contributed by atoms with Gasteiger partial charge in [-0.15, -0.1) is 0 Å². The largest absolute Gasteiger partial charge is 0.379 e. The zero-order chi connectivity index (χ0) is 14.5. The highest BCUT2D eigenvalue weighted by Crippen LogP contribution is 2.30. The molecule has 3 rings (SSSR count). The Labute approximate surface area is 117 Å². The predicted molar refractivity (Wildman–Crippen MR) is 75.1 cm³/mol. The van der Waals surface area contributed by atoms with Gasteiger partial charge in [-0.25, -0.2) is 13.4 Å². The van der Waals surface area contributed by atoms with Gasteiger partial charge in [0.1, 0.15) is 11.4 Å². The summed E-state index contributed by atoms with van der Waals surface area (Å²) in [6, 6.07) is 4.95. The zero-order valence-electron chi connectivity index (χ0n) is 11.5. The number of benzene rings is 1. The monoisotopic (exact) mass is 295 g/mol. The van der Waals surface area contributed by atoms with Crippen LogP contribution in [0.15, 0.2) is 23.1 Å². The van der Waals surface area contributed by atoms with Crippen LogP contribution in [0.3, 0.4) is 0 Å². The van der Waals surface area contributed by atoms with Crippen molar-refractivity contribution in [1.82, 2.24) is 9.55 Å². The SMILES string of the molecule is Cn1c(C2(N)CCOC2)nc2cc(S(C)(=O)=O)ccc21. The number of nitrogens with zero attached hydrogens (tertiary/aromatic N) is 2. The molecule has 0 aliphatic carbocycles. The van der Waals surface area contributed by atoms with Gasteiger partial charge in [0.05, 0.1) is 22.5 Å². The van der Waals surface area contributed by atoms with E-state index >= 15 is 0 Å². The summed E-state index contributed by atoms with van der Waals surface area (Å²) in [5.41, 5.74) is 7.25. The third-order valence-electron chi connectivity index (χ3n) is 3.78. The topological polar surface area (TPSA) is 87.2 Å². The van der Waals surface area contributed by atoms with Crippen molar-refractivity contribution in [3.05, 3.63) is 24.0 Å². The lowest BCUT2D eigenvalue weighted by Crippen LogP contribution is -2.39. The standard InChI is InChI=1S/C13H17N3O3S/c1-16-11-4-3-9(20(2,17)18)7-10(11)15-12(16)13(14)5-6-19-8-13/h3-4,7H,5-6,8,14H2,1-2H3. The van der Waals surface area contributed by atoms with Crippen LogP contribution in [0.2, 0.25) is 0 Å². The third kappa shape index (κ3) is 2.02. The van der Waals surface area contributed by atoms with Crippen LogP contribution in [0, 0.1) is 0 Å². The molecule has 108 valence electrons. The number of nitrogens with two attached hydrogens (primary N) is 1. The van der Waals surface area contributed by atoms with Crippen LogP contribution in [0.1, 0.15) is 12.2 Å². The van der Waals surface area contributed by atoms with Gasteiger partial charge in [-0.1, -0.05) is 0 Å². The van der Waals surface area contributed by atoms with E-state index in [1.165, 1.54) is 6.26 Å². The number of aromatic nitrogens is 2. The molecule has 1 atom stereocenters. The molecule has 6 nitrogen and oxygen atoms in total. The van der Waals surface area contributed by atoms with E-state index in [-0.39, 0.29) is 4.90 Å². The maximum atomic E-state index is 11.6. The van der Waals surface area contributed by atoms with E-state index in [0.29, 0.717) is 25.2 Å². The fraction of sp³-hybridized carbons (Fsp3) is 0.462. The van der Waals surface area contributed by atoms with Gasteiger partial charge < -0.3 is 15.0 Å². The maximum absolute atomic E-state index is 11.6. The minimum atomic E-state index is -3.24. The maximum Gasteiger partial charge on any atom is 0.175 e. The van der Waals surface area contributed by atoms with E-state index in [1.807, 2.05) is 11.6 Å². The molecule has 1 aromatic heterocycles. The number of hydrogen-bond donors (Lipinski definition) is 1. The van der Waals surface area contributed by atoms with Gasteiger partial charge in [0.2, 0.25) is 0 Å². The van der Waals surface area contributed by atoms with Crippen LogP contribution in [0.5, 0.6) is 0 Å². The van der Waals surface area contributed by atoms with Crippen molar-refractivity contribution in [2.24, 2.45) is 12.8 Å². The highest BCUT2D eigenvalue weighted by Gasteiger charge is 2.36. The van der Waals surface area contributed by atoms with Crippen LogP contribution in [0.25, 0.3) is 11.0 Å². The number of hydrogen-bond acceptors (Lipinski definition) is 5. The Hall–Kier alpha value is -1.44. The quantitative estimate of drug-likeness (QED) is 0.874. The predicted octanol–water partition coefficient (Wildman–Crippen LogP) is 0.551. The number of imidazole rings is 1. The third-order valence-corrected chi connectivity index (χ3v) is 4.89. The lowest BCUT2D eigenvalue weighted by molar-refractivity contribution is 0.175. The van der Waals surface area contributed by atoms with Gasteiger partial charge in [0.25, 0.3) is 0 Å². The van der Waals surface area contributed by atoms with Crippen molar-refractivity contribution in [1.29, 1.82) is 0 Å². The average molecular weight is 295 g/mol. The number of fused-ring (bicyclic) bond motifs is 1. The van der Waals surface area contributed by atoms with Gasteiger partial charge in [-0.05, 0) is 24.6 Å². The molecule has 0 amide bonds.